The lowest BCUT2D eigenvalue weighted by molar-refractivity contribution is -0.219. The van der Waals surface area contributed by atoms with Crippen molar-refractivity contribution >= 4 is 0 Å². The van der Waals surface area contributed by atoms with E-state index >= 15 is 0 Å². The number of halogens is 7. The van der Waals surface area contributed by atoms with Gasteiger partial charge in [-0.05, 0) is 202 Å². The molecule has 14 rings (SSSR count). The van der Waals surface area contributed by atoms with Gasteiger partial charge in [-0.3, -0.25) is 0 Å². The largest absolute Gasteiger partial charge is 0.373 e. The second-order valence-corrected chi connectivity index (χ2v) is 31.5. The van der Waals surface area contributed by atoms with Gasteiger partial charge in [-0.15, -0.1) is 0 Å². The van der Waals surface area contributed by atoms with Gasteiger partial charge in [0.15, 0.2) is 0 Å². The third kappa shape index (κ3) is 16.8. The van der Waals surface area contributed by atoms with Crippen molar-refractivity contribution in [1.29, 1.82) is 0 Å². The monoisotopic (exact) mass is 1460 g/mol. The number of ether oxygens (including phenoxy) is 2. The molecule has 578 valence electrons. The average Bonchev–Trinajstić information content (AvgIpc) is 0.726. The number of hydrogen-bond acceptors (Lipinski definition) is 8. The van der Waals surface area contributed by atoms with Crippen molar-refractivity contribution in [2.75, 3.05) is 54.0 Å². The Kier molecular flexibility index (Phi) is 29.3. The molecule has 6 N–H and O–H groups in total. The summed E-state index contributed by atoms with van der Waals surface area (Å²) in [4.78, 5) is 0. The molecular weight excluding hydrogens is 1330 g/mol. The van der Waals surface area contributed by atoms with E-state index in [2.05, 4.69) is 136 Å². The normalized spacial score (nSPS) is 30.8. The quantitative estimate of drug-likeness (QED) is 0.0567. The molecule has 2 aliphatic heterocycles. The Morgan fingerprint density at radius 1 is 0.324 bits per heavy atom. The minimum Gasteiger partial charge on any atom is -0.373 e. The second-order valence-electron chi connectivity index (χ2n) is 31.5. The molecule has 0 aromatic heterocycles. The fourth-order valence-electron chi connectivity index (χ4n) is 20.4. The number of benzene rings is 6. The molecule has 2 saturated heterocycles. The summed E-state index contributed by atoms with van der Waals surface area (Å²) in [5, 5.41) is 20.2. The van der Waals surface area contributed by atoms with E-state index in [-0.39, 0.29) is 69.8 Å². The number of hydrogen-bond donors (Lipinski definition) is 6. The highest BCUT2D eigenvalue weighted by Crippen LogP contribution is 2.56. The Hall–Kier alpha value is -5.49. The van der Waals surface area contributed by atoms with E-state index in [4.69, 9.17) is 9.47 Å². The van der Waals surface area contributed by atoms with E-state index in [9.17, 15) is 30.7 Å². The van der Waals surface area contributed by atoms with Crippen LogP contribution in [0.4, 0.5) is 30.7 Å². The van der Waals surface area contributed by atoms with E-state index in [1.807, 2.05) is 55.5 Å². The summed E-state index contributed by atoms with van der Waals surface area (Å²) in [6.45, 7) is 20.8. The van der Waals surface area contributed by atoms with Gasteiger partial charge >= 0.3 is 0 Å². The molecule has 15 heteroatoms. The second kappa shape index (κ2) is 36.8. The van der Waals surface area contributed by atoms with Crippen LogP contribution in [0.1, 0.15) is 252 Å². The molecule has 0 amide bonds. The number of rotatable bonds is 15. The maximum atomic E-state index is 14.4. The summed E-state index contributed by atoms with van der Waals surface area (Å²) in [6.07, 6.45) is 24.8. The van der Waals surface area contributed by atoms with Crippen LogP contribution in [0.5, 0.6) is 0 Å². The van der Waals surface area contributed by atoms with Crippen molar-refractivity contribution in [2.24, 2.45) is 11.8 Å². The van der Waals surface area contributed by atoms with Gasteiger partial charge in [0.05, 0.1) is 35.5 Å². The summed E-state index contributed by atoms with van der Waals surface area (Å²) < 4.78 is 112. The van der Waals surface area contributed by atoms with E-state index in [1.54, 1.807) is 44.3 Å². The maximum absolute atomic E-state index is 14.4. The highest BCUT2D eigenvalue weighted by Gasteiger charge is 2.61. The highest BCUT2D eigenvalue weighted by molar-refractivity contribution is 5.40. The number of nitrogens with one attached hydrogen (secondary N) is 6. The number of alkyl halides is 4. The number of aryl methyl sites for hydroxylation is 3. The first-order chi connectivity index (χ1) is 50.5. The summed E-state index contributed by atoms with van der Waals surface area (Å²) >= 11 is 0. The van der Waals surface area contributed by atoms with Crippen molar-refractivity contribution in [1.82, 2.24) is 31.9 Å². The molecule has 6 saturated carbocycles. The lowest BCUT2D eigenvalue weighted by Crippen LogP contribution is -2.67. The lowest BCUT2D eigenvalue weighted by Gasteiger charge is -2.58. The fraction of sp³-hybridized carbons (Fsp3) is 0.600. The smallest absolute Gasteiger partial charge is 0.270 e. The van der Waals surface area contributed by atoms with Crippen molar-refractivity contribution < 1.29 is 40.2 Å². The molecule has 0 bridgehead atoms. The SMILES string of the molecule is CCN[C@]1(c2ccccc2F)CCCCC1(F)F.CCN[C@]1(c2ccccc2F)CCCCC12CCO2.CCN[C@]1(c2ccccc2F)CCCCC1C.CN[C@]1(c2ccccc2C)CCCCC1(F)F.CN[C@]1(c2ccccc2C)CCCCC12CCO2.CN[C@]1(c2ccccc2C)CCCCC1C. The average molecular weight is 1460 g/mol. The third-order valence-electron chi connectivity index (χ3n) is 26.1. The van der Waals surface area contributed by atoms with E-state index in [0.29, 0.717) is 38.1 Å². The molecule has 6 aromatic carbocycles. The molecule has 8 nitrogen and oxygen atoms in total. The minimum absolute atomic E-state index is 0.0227. The fourth-order valence-corrected chi connectivity index (χ4v) is 20.4. The standard InChI is InChI=1S/C16H22FNO.C16H23NO.C15H22FN.C15H23N.C14H18F3N.C14H19F2N/c1-2-18-16(13-7-3-4-8-14(13)17)10-6-5-9-15(16)11-12-19-15;1-13-7-3-4-8-14(13)16(17-2)10-6-5-9-15(16)11-12-18-15;1-3-17-15(11-7-6-8-12(15)2)13-9-4-5-10-14(13)16;1-12-8-4-5-10-14(12)15(16-3)11-7-6-9-13(15)2;1-2-18-13(9-5-6-10-14(13,16)17)11-7-3-4-8-12(11)15;1-11-7-3-4-8-12(11)13(17-2)9-5-6-10-14(13,15)16/h3-4,7-8,18H,2,5-6,9-12H2,1H3;3-4,7-8,17H,5-6,9-12H2,1-2H3;4-5,9-10,12,17H,3,6-8,11H2,1-2H3;4-5,8,10,13,16H,6-7,9,11H2,1-3H3;3-4,7-8,18H,2,5-6,9-10H2,1H3;3-4,7-8,17H,5-6,9-10H2,1-2H3/t2*15?,16-;12?,15-;13?,15-;2*13-/m001100/s1. The maximum Gasteiger partial charge on any atom is 0.270 e. The Bertz CT molecular complexity index is 3620. The van der Waals surface area contributed by atoms with Crippen LogP contribution in [0, 0.1) is 50.1 Å². The lowest BCUT2D eigenvalue weighted by atomic mass is 9.61. The zero-order valence-corrected chi connectivity index (χ0v) is 65.4. The molecule has 10 atom stereocenters. The van der Waals surface area contributed by atoms with Gasteiger partial charge in [0.25, 0.3) is 11.8 Å². The molecule has 2 heterocycles. The first kappa shape index (κ1) is 83.5. The zero-order valence-electron chi connectivity index (χ0n) is 65.4. The number of likely N-dealkylation sites (N-methyl/N-ethyl adjacent to an activating group) is 2. The van der Waals surface area contributed by atoms with Gasteiger partial charge in [-0.1, -0.05) is 226 Å². The van der Waals surface area contributed by atoms with Crippen LogP contribution < -0.4 is 31.9 Å². The first-order valence-corrected chi connectivity index (χ1v) is 40.2. The molecule has 105 heavy (non-hydrogen) atoms. The van der Waals surface area contributed by atoms with Crippen LogP contribution in [-0.4, -0.2) is 77.0 Å². The van der Waals surface area contributed by atoms with Gasteiger partial charge in [0, 0.05) is 53.5 Å². The molecule has 2 spiro atoms. The summed E-state index contributed by atoms with van der Waals surface area (Å²) in [7, 11) is 5.86. The van der Waals surface area contributed by atoms with Crippen LogP contribution in [0.2, 0.25) is 0 Å². The highest BCUT2D eigenvalue weighted by atomic mass is 19.3. The zero-order chi connectivity index (χ0) is 75.6. The molecule has 6 aliphatic carbocycles. The van der Waals surface area contributed by atoms with Gasteiger partial charge in [-0.25, -0.2) is 30.7 Å². The van der Waals surface area contributed by atoms with Crippen LogP contribution in [0.15, 0.2) is 146 Å². The Balaban J connectivity index is 0.000000146. The van der Waals surface area contributed by atoms with Crippen molar-refractivity contribution in [3.63, 3.8) is 0 Å². The van der Waals surface area contributed by atoms with Crippen molar-refractivity contribution in [3.05, 3.63) is 213 Å². The molecule has 8 aliphatic rings. The summed E-state index contributed by atoms with van der Waals surface area (Å²) in [5.41, 5.74) is 6.01. The third-order valence-corrected chi connectivity index (χ3v) is 26.1. The first-order valence-electron chi connectivity index (χ1n) is 40.2. The topological polar surface area (TPSA) is 90.6 Å². The molecule has 8 fully saturated rings. The predicted octanol–water partition coefficient (Wildman–Crippen LogP) is 21.4. The Labute approximate surface area is 626 Å². The van der Waals surface area contributed by atoms with Crippen LogP contribution in [0.25, 0.3) is 0 Å². The molecule has 6 aromatic rings. The Morgan fingerprint density at radius 3 is 1.02 bits per heavy atom. The van der Waals surface area contributed by atoms with Crippen LogP contribution in [0.3, 0.4) is 0 Å². The molecular formula is C90H127F7N6O2. The van der Waals surface area contributed by atoms with E-state index < -0.39 is 28.7 Å². The summed E-state index contributed by atoms with van der Waals surface area (Å²) in [5.74, 6) is -5.10. The minimum atomic E-state index is -2.91. The van der Waals surface area contributed by atoms with E-state index in [1.165, 1.54) is 124 Å². The van der Waals surface area contributed by atoms with Gasteiger partial charge in [0.2, 0.25) is 0 Å². The Morgan fingerprint density at radius 2 is 0.638 bits per heavy atom. The molecule has 0 radical (unpaired) electrons. The summed E-state index contributed by atoms with van der Waals surface area (Å²) in [6, 6.07) is 45.3. The van der Waals surface area contributed by atoms with Gasteiger partial charge in [-0.2, -0.15) is 0 Å². The molecule has 4 unspecified atom stereocenters. The van der Waals surface area contributed by atoms with Gasteiger partial charge < -0.3 is 41.4 Å². The van der Waals surface area contributed by atoms with E-state index in [0.717, 1.165) is 93.0 Å². The van der Waals surface area contributed by atoms with Gasteiger partial charge in [0.1, 0.15) is 28.5 Å². The van der Waals surface area contributed by atoms with Crippen LogP contribution in [-0.2, 0) is 42.7 Å². The van der Waals surface area contributed by atoms with Crippen molar-refractivity contribution in [2.45, 2.75) is 279 Å². The van der Waals surface area contributed by atoms with Crippen LogP contribution >= 0.6 is 0 Å². The van der Waals surface area contributed by atoms with Crippen molar-refractivity contribution in [3.8, 4) is 0 Å². The predicted molar refractivity (Wildman–Crippen MR) is 417 cm³/mol.